The molecule has 1 fully saturated rings. The van der Waals surface area contributed by atoms with E-state index in [1.807, 2.05) is 24.3 Å². The maximum absolute atomic E-state index is 11.0. The minimum absolute atomic E-state index is 0.0562. The summed E-state index contributed by atoms with van der Waals surface area (Å²) in [4.78, 5) is 13.4. The third-order valence-corrected chi connectivity index (χ3v) is 5.56. The van der Waals surface area contributed by atoms with Crippen LogP contribution in [0.3, 0.4) is 0 Å². The average Bonchev–Trinajstić information content (AvgIpc) is 3.13. The van der Waals surface area contributed by atoms with Crippen LogP contribution in [0.15, 0.2) is 24.3 Å². The van der Waals surface area contributed by atoms with Gasteiger partial charge in [0.25, 0.3) is 0 Å². The molecular formula is C21H35N2O2P. The second-order valence-electron chi connectivity index (χ2n) is 7.55. The monoisotopic (exact) mass is 378 g/mol. The Morgan fingerprint density at radius 3 is 2.46 bits per heavy atom. The molecule has 4 nitrogen and oxygen atoms in total. The summed E-state index contributed by atoms with van der Waals surface area (Å²) in [5, 5.41) is 15.6. The van der Waals surface area contributed by atoms with Crippen molar-refractivity contribution in [3.8, 4) is 0 Å². The predicted octanol–water partition coefficient (Wildman–Crippen LogP) is 2.81. The Morgan fingerprint density at radius 2 is 1.81 bits per heavy atom. The van der Waals surface area contributed by atoms with Crippen LogP contribution in [-0.2, 0) is 4.79 Å². The lowest BCUT2D eigenvalue weighted by Gasteiger charge is -2.29. The summed E-state index contributed by atoms with van der Waals surface area (Å²) in [6.45, 7) is 5.75. The molecule has 2 rings (SSSR count). The number of benzene rings is 1. The highest BCUT2D eigenvalue weighted by atomic mass is 31.0. The summed E-state index contributed by atoms with van der Waals surface area (Å²) in [7, 11) is 2.69. The van der Waals surface area contributed by atoms with E-state index in [0.29, 0.717) is 6.42 Å². The summed E-state index contributed by atoms with van der Waals surface area (Å²) < 4.78 is 0. The Hall–Kier alpha value is -0.800. The summed E-state index contributed by atoms with van der Waals surface area (Å²) in [6.07, 6.45) is 7.07. The number of ketones is 1. The fourth-order valence-corrected chi connectivity index (χ4v) is 3.78. The molecule has 0 amide bonds. The molecule has 1 aromatic carbocycles. The number of unbranched alkanes of at least 4 members (excludes halogenated alkanes) is 3. The van der Waals surface area contributed by atoms with Gasteiger partial charge in [-0.1, -0.05) is 37.1 Å². The quantitative estimate of drug-likeness (QED) is 0.434. The molecule has 1 heterocycles. The molecule has 1 saturated heterocycles. The van der Waals surface area contributed by atoms with Gasteiger partial charge in [-0.25, -0.2) is 0 Å². The molecule has 0 aliphatic carbocycles. The summed E-state index contributed by atoms with van der Waals surface area (Å²) >= 11 is 0. The molecular weight excluding hydrogens is 343 g/mol. The van der Waals surface area contributed by atoms with E-state index in [-0.39, 0.29) is 11.8 Å². The number of nitrogens with one attached hydrogen (secondary N) is 1. The molecule has 0 radical (unpaired) electrons. The third-order valence-electron chi connectivity index (χ3n) is 5.17. The highest BCUT2D eigenvalue weighted by Gasteiger charge is 2.24. The van der Waals surface area contributed by atoms with Gasteiger partial charge in [0.2, 0.25) is 0 Å². The first-order chi connectivity index (χ1) is 12.6. The smallest absolute Gasteiger partial charge is 0.129 e. The largest absolute Gasteiger partial charge is 0.387 e. The third kappa shape index (κ3) is 7.84. The minimum Gasteiger partial charge on any atom is -0.387 e. The predicted molar refractivity (Wildman–Crippen MR) is 112 cm³/mol. The molecule has 3 atom stereocenters. The Bertz CT molecular complexity index is 529. The van der Waals surface area contributed by atoms with E-state index in [4.69, 9.17) is 0 Å². The number of Topliss-reactive ketones (excluding diaryl/α,β-unsaturated/α-hetero) is 1. The van der Waals surface area contributed by atoms with E-state index in [2.05, 4.69) is 19.5 Å². The van der Waals surface area contributed by atoms with Gasteiger partial charge in [-0.05, 0) is 63.1 Å². The lowest BCUT2D eigenvalue weighted by molar-refractivity contribution is -0.117. The van der Waals surface area contributed by atoms with Crippen LogP contribution in [0.4, 0.5) is 0 Å². The van der Waals surface area contributed by atoms with Gasteiger partial charge < -0.3 is 20.1 Å². The van der Waals surface area contributed by atoms with E-state index in [0.717, 1.165) is 62.7 Å². The number of aliphatic hydroxyl groups excluding tert-OH is 1. The van der Waals surface area contributed by atoms with Crippen molar-refractivity contribution >= 4 is 20.3 Å². The van der Waals surface area contributed by atoms with Crippen molar-refractivity contribution in [1.82, 2.24) is 10.2 Å². The van der Waals surface area contributed by atoms with Gasteiger partial charge in [0, 0.05) is 19.0 Å². The lowest BCUT2D eigenvalue weighted by atomic mass is 10.0. The van der Waals surface area contributed by atoms with Crippen LogP contribution in [0.5, 0.6) is 0 Å². The summed E-state index contributed by atoms with van der Waals surface area (Å²) in [5.41, 5.74) is 0.981. The van der Waals surface area contributed by atoms with Crippen LogP contribution in [0.25, 0.3) is 0 Å². The normalized spacial score (nSPS) is 17.3. The number of carbonyl (C=O) groups is 1. The molecule has 0 saturated carbocycles. The molecule has 146 valence electrons. The maximum atomic E-state index is 11.0. The summed E-state index contributed by atoms with van der Waals surface area (Å²) in [6, 6.07) is 8.16. The molecule has 0 spiro atoms. The van der Waals surface area contributed by atoms with Crippen LogP contribution in [0.2, 0.25) is 0 Å². The second-order valence-corrected chi connectivity index (χ2v) is 8.21. The highest BCUT2D eigenvalue weighted by molar-refractivity contribution is 7.27. The van der Waals surface area contributed by atoms with Crippen LogP contribution in [0, 0.1) is 0 Å². The Balaban J connectivity index is 1.80. The van der Waals surface area contributed by atoms with Gasteiger partial charge >= 0.3 is 0 Å². The van der Waals surface area contributed by atoms with Crippen LogP contribution in [0.1, 0.15) is 63.5 Å². The van der Waals surface area contributed by atoms with Crippen LogP contribution >= 0.6 is 9.24 Å². The molecule has 1 aliphatic rings. The molecule has 1 aliphatic heterocycles. The van der Waals surface area contributed by atoms with Crippen molar-refractivity contribution in [2.75, 3.05) is 26.2 Å². The number of carbonyl (C=O) groups excluding carboxylic acids is 1. The maximum Gasteiger partial charge on any atom is 0.129 e. The molecule has 2 unspecified atom stereocenters. The van der Waals surface area contributed by atoms with Crippen molar-refractivity contribution in [2.24, 2.45) is 0 Å². The number of likely N-dealkylation sites (tertiary alicyclic amines) is 1. The van der Waals surface area contributed by atoms with Gasteiger partial charge in [0.15, 0.2) is 0 Å². The average molecular weight is 378 g/mol. The molecule has 5 heteroatoms. The van der Waals surface area contributed by atoms with Gasteiger partial charge in [-0.2, -0.15) is 0 Å². The zero-order chi connectivity index (χ0) is 18.8. The zero-order valence-corrected chi connectivity index (χ0v) is 17.3. The fraction of sp³-hybridized carbons (Fsp3) is 0.667. The van der Waals surface area contributed by atoms with Crippen LogP contribution in [-0.4, -0.2) is 48.0 Å². The number of hydrogen-bond acceptors (Lipinski definition) is 4. The number of nitrogens with zero attached hydrogens (tertiary/aromatic N) is 1. The van der Waals surface area contributed by atoms with E-state index >= 15 is 0 Å². The van der Waals surface area contributed by atoms with Gasteiger partial charge in [0.1, 0.15) is 5.78 Å². The number of aliphatic hydroxyl groups is 1. The number of rotatable bonds is 12. The van der Waals surface area contributed by atoms with E-state index in [1.54, 1.807) is 6.92 Å². The Labute approximate surface area is 160 Å². The van der Waals surface area contributed by atoms with Crippen molar-refractivity contribution in [3.05, 3.63) is 29.8 Å². The molecule has 0 aromatic heterocycles. The topological polar surface area (TPSA) is 52.6 Å². The minimum atomic E-state index is -0.487. The molecule has 2 N–H and O–H groups in total. The molecule has 26 heavy (non-hydrogen) atoms. The van der Waals surface area contributed by atoms with Gasteiger partial charge in [0.05, 0.1) is 6.10 Å². The van der Waals surface area contributed by atoms with Gasteiger partial charge in [-0.15, -0.1) is 9.24 Å². The second kappa shape index (κ2) is 11.8. The first kappa shape index (κ1) is 21.5. The lowest BCUT2D eigenvalue weighted by Crippen LogP contribution is -2.44. The number of hydrogen-bond donors (Lipinski definition) is 2. The van der Waals surface area contributed by atoms with E-state index < -0.39 is 6.10 Å². The van der Waals surface area contributed by atoms with Gasteiger partial charge in [-0.3, -0.25) is 0 Å². The standard InChI is InChI=1S/C21H35N2O2P/c1-17(24)8-4-2-3-5-13-22-20(16-23-14-6-7-15-23)21(25)18-9-11-19(26)12-10-18/h9-12,20-22,25H,2-8,13-16,26H2,1H3/t20?,21-/m1/s1. The van der Waals surface area contributed by atoms with Crippen molar-refractivity contribution in [2.45, 2.75) is 64.0 Å². The molecule has 1 aromatic rings. The van der Waals surface area contributed by atoms with Crippen molar-refractivity contribution < 1.29 is 9.90 Å². The Kier molecular flexibility index (Phi) is 9.77. The van der Waals surface area contributed by atoms with Crippen molar-refractivity contribution in [3.63, 3.8) is 0 Å². The molecule has 0 bridgehead atoms. The highest BCUT2D eigenvalue weighted by Crippen LogP contribution is 2.19. The van der Waals surface area contributed by atoms with Crippen molar-refractivity contribution in [1.29, 1.82) is 0 Å². The van der Waals surface area contributed by atoms with E-state index in [9.17, 15) is 9.90 Å². The van der Waals surface area contributed by atoms with Crippen LogP contribution < -0.4 is 10.6 Å². The van der Waals surface area contributed by atoms with E-state index in [1.165, 1.54) is 12.8 Å². The first-order valence-electron chi connectivity index (χ1n) is 10.0. The first-order valence-corrected chi connectivity index (χ1v) is 10.6. The SMILES string of the molecule is CC(=O)CCCCCCNC(CN1CCCC1)[C@H](O)c1ccc(P)cc1. The zero-order valence-electron chi connectivity index (χ0n) is 16.1. The fourth-order valence-electron chi connectivity index (χ4n) is 3.58. The Morgan fingerprint density at radius 1 is 1.15 bits per heavy atom. The summed E-state index contributed by atoms with van der Waals surface area (Å²) in [5.74, 6) is 0.286.